The number of halogens is 1. The normalized spacial score (nSPS) is 23.7. The fraction of sp³-hybridized carbons (Fsp3) is 0.633. The number of fused-ring (bicyclic) bond motifs is 6. The monoisotopic (exact) mass is 881 g/mol. The van der Waals surface area contributed by atoms with Gasteiger partial charge in [0.15, 0.2) is 23.0 Å². The lowest BCUT2D eigenvalue weighted by atomic mass is 9.79. The van der Waals surface area contributed by atoms with E-state index in [1.165, 1.54) is 22.3 Å². The van der Waals surface area contributed by atoms with Gasteiger partial charge in [-0.25, -0.2) is 4.39 Å². The molecule has 4 aliphatic rings. The van der Waals surface area contributed by atoms with Crippen LogP contribution in [0.4, 0.5) is 4.39 Å². The summed E-state index contributed by atoms with van der Waals surface area (Å²) in [6, 6.07) is 15.7. The van der Waals surface area contributed by atoms with Crippen LogP contribution in [0.5, 0.6) is 23.0 Å². The van der Waals surface area contributed by atoms with Crippen molar-refractivity contribution in [2.24, 2.45) is 23.7 Å². The number of piperidine rings is 2. The van der Waals surface area contributed by atoms with E-state index in [-0.39, 0.29) is 43.0 Å². The van der Waals surface area contributed by atoms with Crippen molar-refractivity contribution >= 4 is 10.1 Å². The van der Waals surface area contributed by atoms with Crippen LogP contribution in [0.1, 0.15) is 93.3 Å². The first kappa shape index (κ1) is 48.0. The Labute approximate surface area is 370 Å². The smallest absolute Gasteiger partial charge is 0.297 e. The number of aryl methyl sites for hydroxylation is 1. The van der Waals surface area contributed by atoms with Crippen molar-refractivity contribution in [2.45, 2.75) is 102 Å². The molecule has 7 rings (SSSR count). The van der Waals surface area contributed by atoms with Gasteiger partial charge in [-0.1, -0.05) is 45.4 Å². The van der Waals surface area contributed by atoms with E-state index < -0.39 is 16.8 Å². The summed E-state index contributed by atoms with van der Waals surface area (Å²) in [5.74, 6) is 5.10. The highest BCUT2D eigenvalue weighted by atomic mass is 32.2. The Morgan fingerprint density at radius 2 is 1.08 bits per heavy atom. The number of benzene rings is 3. The maximum atomic E-state index is 12.7. The standard InChI is InChI=1S/C28H39NO6S.C21H32FNO3/c1-19(2)14-22-18-29-11-10-21-15-27(32-4)28(33-5)16-24(21)25(29)17-26(22)34-12-13-35-36(30,31)23-8-6-20(3)7-9-23;1-14(2)9-16-13-23-7-5-15-10-20(24-3)21(25-4)11-17(15)18(23)12-19(16)26-8-6-22/h6-9,15-16,19,22,25-26H,10-14,17-18H2,1-5H3;10-11,14,16,18-19H,5-9,12-13H2,1-4H3/t22-,25-,26-;16-,18-,19-/m11/s1/i;22-1. The first-order valence-electron chi connectivity index (χ1n) is 22.5. The number of alkyl halides is 1. The maximum absolute atomic E-state index is 12.7. The summed E-state index contributed by atoms with van der Waals surface area (Å²) >= 11 is 0. The van der Waals surface area contributed by atoms with E-state index >= 15 is 0 Å². The quantitative estimate of drug-likeness (QED) is 0.0960. The molecule has 3 aromatic carbocycles. The Hall–Kier alpha value is -3.46. The van der Waals surface area contributed by atoms with E-state index in [1.54, 1.807) is 52.7 Å². The summed E-state index contributed by atoms with van der Waals surface area (Å²) in [6.07, 6.45) is 6.11. The van der Waals surface area contributed by atoms with Crippen molar-refractivity contribution < 1.29 is 45.4 Å². The molecule has 0 aromatic heterocycles. The van der Waals surface area contributed by atoms with Crippen LogP contribution in [-0.4, -0.2) is 112 Å². The minimum absolute atomic E-state index is 0.00288. The Kier molecular flexibility index (Phi) is 17.0. The number of hydrogen-bond acceptors (Lipinski definition) is 11. The second-order valence-corrected chi connectivity index (χ2v) is 19.8. The van der Waals surface area contributed by atoms with Crippen molar-refractivity contribution in [3.63, 3.8) is 0 Å². The molecule has 0 radical (unpaired) electrons. The van der Waals surface area contributed by atoms with Crippen LogP contribution in [0.25, 0.3) is 0 Å². The molecule has 0 aliphatic carbocycles. The average molecular weight is 882 g/mol. The minimum Gasteiger partial charge on any atom is -0.493 e. The van der Waals surface area contributed by atoms with Crippen LogP contribution in [-0.2, 0) is 36.6 Å². The fourth-order valence-corrected chi connectivity index (χ4v) is 11.1. The van der Waals surface area contributed by atoms with Gasteiger partial charge in [0.2, 0.25) is 0 Å². The van der Waals surface area contributed by atoms with Gasteiger partial charge < -0.3 is 28.4 Å². The molecule has 4 heterocycles. The Balaban J connectivity index is 0.000000218. The van der Waals surface area contributed by atoms with Gasteiger partial charge in [-0.15, -0.1) is 0 Å². The largest absolute Gasteiger partial charge is 0.493 e. The van der Waals surface area contributed by atoms with Crippen molar-refractivity contribution in [3.8, 4) is 23.0 Å². The third-order valence-electron chi connectivity index (χ3n) is 13.0. The Bertz CT molecular complexity index is 2010. The van der Waals surface area contributed by atoms with E-state index in [9.17, 15) is 12.8 Å². The molecule has 4 aliphatic heterocycles. The molecule has 2 saturated heterocycles. The first-order valence-corrected chi connectivity index (χ1v) is 23.9. The van der Waals surface area contributed by atoms with Gasteiger partial charge >= 0.3 is 0 Å². The van der Waals surface area contributed by atoms with E-state index in [2.05, 4.69) is 61.8 Å². The fourth-order valence-electron chi connectivity index (χ4n) is 10.2. The van der Waals surface area contributed by atoms with Crippen molar-refractivity contribution in [2.75, 3.05) is 81.1 Å². The molecule has 0 amide bonds. The Morgan fingerprint density at radius 1 is 0.645 bits per heavy atom. The minimum atomic E-state index is -3.80. The van der Waals surface area contributed by atoms with Crippen LogP contribution >= 0.6 is 0 Å². The molecule has 0 spiro atoms. The highest BCUT2D eigenvalue weighted by Gasteiger charge is 2.41. The SMILES string of the molecule is COc1cc2c(cc1OC)[C@H]1C[C@@H](OCCOS(=O)(=O)c3ccc(C)cc3)[C@H](CC(C)C)CN1CC2.COc1cc2c(cc1OC)[C@H]1C[C@@H](OCC[18F])[C@H](CC(C)C)CN1CC2. The second-order valence-electron chi connectivity index (χ2n) is 18.2. The molecule has 0 N–H and O–H groups in total. The van der Waals surface area contributed by atoms with E-state index in [0.29, 0.717) is 29.7 Å². The lowest BCUT2D eigenvalue weighted by Crippen LogP contribution is -2.49. The van der Waals surface area contributed by atoms with Gasteiger partial charge in [-0.3, -0.25) is 14.0 Å². The third kappa shape index (κ3) is 11.6. The molecule has 11 nitrogen and oxygen atoms in total. The number of ether oxygens (including phenoxy) is 6. The summed E-state index contributed by atoms with van der Waals surface area (Å²) in [5.41, 5.74) is 6.21. The highest BCUT2D eigenvalue weighted by molar-refractivity contribution is 7.86. The zero-order valence-corrected chi connectivity index (χ0v) is 39.3. The number of rotatable bonds is 17. The summed E-state index contributed by atoms with van der Waals surface area (Å²) in [7, 11) is 2.89. The molecular formula is C49H71FN2O9S. The summed E-state index contributed by atoms with van der Waals surface area (Å²) in [4.78, 5) is 5.32. The molecule has 0 saturated carbocycles. The number of methoxy groups -OCH3 is 4. The first-order chi connectivity index (χ1) is 29.8. The Morgan fingerprint density at radius 3 is 1.50 bits per heavy atom. The topological polar surface area (TPSA) is 105 Å². The molecule has 2 fully saturated rings. The molecule has 344 valence electrons. The van der Waals surface area contributed by atoms with Gasteiger partial charge in [0.1, 0.15) is 6.67 Å². The van der Waals surface area contributed by atoms with Crippen LogP contribution in [0.3, 0.4) is 0 Å². The predicted octanol–water partition coefficient (Wildman–Crippen LogP) is 8.79. The van der Waals surface area contributed by atoms with Gasteiger partial charge in [-0.2, -0.15) is 8.42 Å². The lowest BCUT2D eigenvalue weighted by Gasteiger charge is -2.47. The summed E-state index contributed by atoms with van der Waals surface area (Å²) in [6.45, 7) is 15.0. The molecule has 62 heavy (non-hydrogen) atoms. The van der Waals surface area contributed by atoms with Gasteiger partial charge in [0.25, 0.3) is 10.1 Å². The van der Waals surface area contributed by atoms with Crippen molar-refractivity contribution in [3.05, 3.63) is 76.3 Å². The van der Waals surface area contributed by atoms with E-state index in [1.807, 2.05) is 6.92 Å². The van der Waals surface area contributed by atoms with Crippen LogP contribution in [0, 0.1) is 30.6 Å². The number of hydrogen-bond donors (Lipinski definition) is 0. The van der Waals surface area contributed by atoms with E-state index in [0.717, 1.165) is 93.3 Å². The zero-order valence-electron chi connectivity index (χ0n) is 38.5. The molecule has 0 bridgehead atoms. The molecule has 6 atom stereocenters. The molecule has 0 unspecified atom stereocenters. The third-order valence-corrected chi connectivity index (χ3v) is 14.4. The van der Waals surface area contributed by atoms with Crippen molar-refractivity contribution in [1.29, 1.82) is 0 Å². The van der Waals surface area contributed by atoms with Gasteiger partial charge in [0, 0.05) is 38.3 Å². The van der Waals surface area contributed by atoms with Gasteiger partial charge in [0.05, 0.1) is 65.4 Å². The molecule has 13 heteroatoms. The van der Waals surface area contributed by atoms with Crippen molar-refractivity contribution in [1.82, 2.24) is 9.80 Å². The molecular weight excluding hydrogens is 811 g/mol. The van der Waals surface area contributed by atoms with Crippen LogP contribution in [0.15, 0.2) is 53.4 Å². The van der Waals surface area contributed by atoms with Crippen LogP contribution < -0.4 is 18.9 Å². The molecule has 3 aromatic rings. The zero-order chi connectivity index (χ0) is 44.6. The van der Waals surface area contributed by atoms with Gasteiger partial charge in [-0.05, 0) is 128 Å². The second kappa shape index (κ2) is 22.0. The maximum Gasteiger partial charge on any atom is 0.297 e. The summed E-state index contributed by atoms with van der Waals surface area (Å²) < 4.78 is 77.5. The van der Waals surface area contributed by atoms with Crippen LogP contribution in [0.2, 0.25) is 0 Å². The highest BCUT2D eigenvalue weighted by Crippen LogP contribution is 2.46. The predicted molar refractivity (Wildman–Crippen MR) is 240 cm³/mol. The lowest BCUT2D eigenvalue weighted by molar-refractivity contribution is -0.0693. The summed E-state index contributed by atoms with van der Waals surface area (Å²) in [5, 5.41) is 0. The number of nitrogens with zero attached hydrogens (tertiary/aromatic N) is 2. The average Bonchev–Trinajstić information content (AvgIpc) is 3.26. The van der Waals surface area contributed by atoms with E-state index in [4.69, 9.17) is 32.6 Å².